The van der Waals surface area contributed by atoms with Crippen molar-refractivity contribution in [2.24, 2.45) is 0 Å². The van der Waals surface area contributed by atoms with E-state index in [1.807, 2.05) is 0 Å². The Morgan fingerprint density at radius 3 is 2.73 bits per heavy atom. The molecule has 0 saturated heterocycles. The second-order valence-electron chi connectivity index (χ2n) is 2.22. The molecule has 3 nitrogen and oxygen atoms in total. The maximum absolute atomic E-state index is 10.8. The van der Waals surface area contributed by atoms with Gasteiger partial charge in [0.2, 0.25) is 5.91 Å². The molecule has 0 aromatic carbocycles. The molecule has 1 amide bonds. The summed E-state index contributed by atoms with van der Waals surface area (Å²) < 4.78 is 0. The third-order valence-electron chi connectivity index (χ3n) is 1.22. The van der Waals surface area contributed by atoms with Crippen LogP contribution in [-0.4, -0.2) is 30.0 Å². The highest BCUT2D eigenvalue weighted by Gasteiger charge is 1.97. The molecule has 4 heteroatoms. The number of aliphatic hydroxyl groups excluding tert-OH is 1. The normalized spacial score (nSPS) is 9.64. The Hall–Kier alpha value is -0.280. The largest absolute Gasteiger partial charge is 0.395 e. The molecule has 0 aromatic rings. The van der Waals surface area contributed by atoms with Gasteiger partial charge in [-0.15, -0.1) is 11.6 Å². The summed E-state index contributed by atoms with van der Waals surface area (Å²) in [6.45, 7) is 0.348. The van der Waals surface area contributed by atoms with E-state index in [1.54, 1.807) is 0 Å². The first kappa shape index (κ1) is 10.7. The van der Waals surface area contributed by atoms with Gasteiger partial charge in [0.05, 0.1) is 6.61 Å². The Morgan fingerprint density at radius 2 is 2.18 bits per heavy atom. The average molecular weight is 180 g/mol. The molecule has 11 heavy (non-hydrogen) atoms. The summed E-state index contributed by atoms with van der Waals surface area (Å²) in [5.41, 5.74) is 0. The van der Waals surface area contributed by atoms with E-state index in [0.717, 1.165) is 12.8 Å². The van der Waals surface area contributed by atoms with Crippen molar-refractivity contribution in [3.8, 4) is 0 Å². The fourth-order valence-corrected chi connectivity index (χ4v) is 0.853. The smallest absolute Gasteiger partial charge is 0.220 e. The number of aliphatic hydroxyl groups is 1. The third kappa shape index (κ3) is 7.62. The Balaban J connectivity index is 3.09. The lowest BCUT2D eigenvalue weighted by molar-refractivity contribution is -0.121. The Morgan fingerprint density at radius 1 is 1.45 bits per heavy atom. The van der Waals surface area contributed by atoms with Gasteiger partial charge in [0, 0.05) is 18.8 Å². The fraction of sp³-hybridized carbons (Fsp3) is 0.857. The highest BCUT2D eigenvalue weighted by Crippen LogP contribution is 1.96. The summed E-state index contributed by atoms with van der Waals surface area (Å²) in [5, 5.41) is 10.9. The first-order valence-corrected chi connectivity index (χ1v) is 4.28. The van der Waals surface area contributed by atoms with Crippen LogP contribution in [0, 0.1) is 0 Å². The summed E-state index contributed by atoms with van der Waals surface area (Å²) >= 11 is 5.42. The van der Waals surface area contributed by atoms with Gasteiger partial charge in [0.25, 0.3) is 0 Å². The topological polar surface area (TPSA) is 49.3 Å². The van der Waals surface area contributed by atoms with Crippen LogP contribution < -0.4 is 5.32 Å². The predicted molar refractivity (Wildman–Crippen MR) is 44.7 cm³/mol. The molecule has 0 unspecified atom stereocenters. The number of carbonyl (C=O) groups is 1. The van der Waals surface area contributed by atoms with Crippen molar-refractivity contribution in [2.45, 2.75) is 19.3 Å². The molecular formula is C7H14ClNO2. The van der Waals surface area contributed by atoms with Crippen LogP contribution >= 0.6 is 11.6 Å². The molecule has 0 aliphatic heterocycles. The number of nitrogens with one attached hydrogen (secondary N) is 1. The van der Waals surface area contributed by atoms with Gasteiger partial charge in [-0.2, -0.15) is 0 Å². The van der Waals surface area contributed by atoms with E-state index < -0.39 is 0 Å². The molecule has 0 bridgehead atoms. The zero-order valence-electron chi connectivity index (χ0n) is 6.48. The maximum atomic E-state index is 10.8. The van der Waals surface area contributed by atoms with Crippen LogP contribution in [0.25, 0.3) is 0 Å². The van der Waals surface area contributed by atoms with Crippen LogP contribution in [0.15, 0.2) is 0 Å². The van der Waals surface area contributed by atoms with Gasteiger partial charge in [0.1, 0.15) is 0 Å². The predicted octanol–water partition coefficient (Wildman–Crippen LogP) is 0.504. The van der Waals surface area contributed by atoms with Crippen LogP contribution in [0.3, 0.4) is 0 Å². The van der Waals surface area contributed by atoms with Crippen molar-refractivity contribution < 1.29 is 9.90 Å². The zero-order chi connectivity index (χ0) is 8.53. The van der Waals surface area contributed by atoms with Crippen LogP contribution in [0.2, 0.25) is 0 Å². The number of hydrogen-bond donors (Lipinski definition) is 2. The van der Waals surface area contributed by atoms with E-state index in [9.17, 15) is 4.79 Å². The van der Waals surface area contributed by atoms with E-state index in [0.29, 0.717) is 18.8 Å². The number of rotatable bonds is 6. The van der Waals surface area contributed by atoms with Gasteiger partial charge in [-0.25, -0.2) is 0 Å². The lowest BCUT2D eigenvalue weighted by atomic mass is 10.2. The van der Waals surface area contributed by atoms with Crippen molar-refractivity contribution in [1.82, 2.24) is 5.32 Å². The summed E-state index contributed by atoms with van der Waals surface area (Å²) in [7, 11) is 0. The SMILES string of the molecule is O=C(CCCCCl)NCCO. The molecule has 66 valence electrons. The van der Waals surface area contributed by atoms with Crippen LogP contribution in [-0.2, 0) is 4.79 Å². The van der Waals surface area contributed by atoms with Crippen molar-refractivity contribution in [1.29, 1.82) is 0 Å². The van der Waals surface area contributed by atoms with Gasteiger partial charge >= 0.3 is 0 Å². The minimum absolute atomic E-state index is 0.00124. The second-order valence-corrected chi connectivity index (χ2v) is 2.60. The Bertz CT molecular complexity index is 109. The highest BCUT2D eigenvalue weighted by molar-refractivity contribution is 6.17. The van der Waals surface area contributed by atoms with Crippen molar-refractivity contribution >= 4 is 17.5 Å². The van der Waals surface area contributed by atoms with Gasteiger partial charge in [-0.05, 0) is 12.8 Å². The quantitative estimate of drug-likeness (QED) is 0.461. The number of halogens is 1. The van der Waals surface area contributed by atoms with Crippen molar-refractivity contribution in [3.63, 3.8) is 0 Å². The maximum Gasteiger partial charge on any atom is 0.220 e. The number of hydrogen-bond acceptors (Lipinski definition) is 2. The lowest BCUT2D eigenvalue weighted by Crippen LogP contribution is -2.25. The average Bonchev–Trinajstić information content (AvgIpc) is 2.01. The van der Waals surface area contributed by atoms with E-state index in [1.165, 1.54) is 0 Å². The first-order valence-electron chi connectivity index (χ1n) is 3.74. The van der Waals surface area contributed by atoms with E-state index in [2.05, 4.69) is 5.32 Å². The number of carbonyl (C=O) groups excluding carboxylic acids is 1. The molecule has 0 rings (SSSR count). The summed E-state index contributed by atoms with van der Waals surface area (Å²) in [5.74, 6) is 0.594. The van der Waals surface area contributed by atoms with E-state index in [4.69, 9.17) is 16.7 Å². The highest BCUT2D eigenvalue weighted by atomic mass is 35.5. The van der Waals surface area contributed by atoms with Crippen LogP contribution in [0.1, 0.15) is 19.3 Å². The summed E-state index contributed by atoms with van der Waals surface area (Å²) in [4.78, 5) is 10.8. The molecule has 0 radical (unpaired) electrons. The zero-order valence-corrected chi connectivity index (χ0v) is 7.23. The number of amides is 1. The molecule has 0 aliphatic carbocycles. The summed E-state index contributed by atoms with van der Waals surface area (Å²) in [6, 6.07) is 0. The fourth-order valence-electron chi connectivity index (χ4n) is 0.664. The van der Waals surface area contributed by atoms with Crippen LogP contribution in [0.5, 0.6) is 0 Å². The van der Waals surface area contributed by atoms with Crippen LogP contribution in [0.4, 0.5) is 0 Å². The Labute approximate surface area is 71.7 Å². The van der Waals surface area contributed by atoms with E-state index >= 15 is 0 Å². The molecule has 0 heterocycles. The van der Waals surface area contributed by atoms with Gasteiger partial charge in [0.15, 0.2) is 0 Å². The minimum atomic E-state index is -0.0100. The van der Waals surface area contributed by atoms with Gasteiger partial charge in [-0.1, -0.05) is 0 Å². The van der Waals surface area contributed by atoms with Crippen molar-refractivity contribution in [3.05, 3.63) is 0 Å². The molecule has 0 aromatic heterocycles. The molecule has 2 N–H and O–H groups in total. The number of alkyl halides is 1. The Kier molecular flexibility index (Phi) is 7.62. The molecule has 0 spiro atoms. The third-order valence-corrected chi connectivity index (χ3v) is 1.49. The number of unbranched alkanes of at least 4 members (excludes halogenated alkanes) is 1. The lowest BCUT2D eigenvalue weighted by Gasteiger charge is -2.00. The van der Waals surface area contributed by atoms with Gasteiger partial charge in [-0.3, -0.25) is 4.79 Å². The molecular weight excluding hydrogens is 166 g/mol. The van der Waals surface area contributed by atoms with Crippen molar-refractivity contribution in [2.75, 3.05) is 19.0 Å². The molecule has 0 aliphatic rings. The second kappa shape index (κ2) is 7.82. The monoisotopic (exact) mass is 179 g/mol. The minimum Gasteiger partial charge on any atom is -0.395 e. The van der Waals surface area contributed by atoms with E-state index in [-0.39, 0.29) is 12.5 Å². The first-order chi connectivity index (χ1) is 5.31. The van der Waals surface area contributed by atoms with Gasteiger partial charge < -0.3 is 10.4 Å². The molecule has 0 atom stereocenters. The summed E-state index contributed by atoms with van der Waals surface area (Å²) in [6.07, 6.45) is 2.20. The molecule has 0 saturated carbocycles. The molecule has 0 fully saturated rings. The standard InChI is InChI=1S/C7H14ClNO2/c8-4-2-1-3-7(11)9-5-6-10/h10H,1-6H2,(H,9,11).